The molecular weight excluding hydrogens is 374 g/mol. The number of nitrogens with one attached hydrogen (secondary N) is 1. The van der Waals surface area contributed by atoms with E-state index in [0.29, 0.717) is 38.6 Å². The van der Waals surface area contributed by atoms with Gasteiger partial charge in [-0.2, -0.15) is 4.31 Å². The fourth-order valence-electron chi connectivity index (χ4n) is 3.75. The summed E-state index contributed by atoms with van der Waals surface area (Å²) in [6.45, 7) is 6.43. The fraction of sp³-hybridized carbons (Fsp3) is 0.611. The maximum Gasteiger partial charge on any atom is 0.277 e. The molecule has 2 saturated heterocycles. The van der Waals surface area contributed by atoms with Gasteiger partial charge in [-0.1, -0.05) is 30.7 Å². The molecule has 0 unspecified atom stereocenters. The Morgan fingerprint density at radius 3 is 2.58 bits per heavy atom. The summed E-state index contributed by atoms with van der Waals surface area (Å²) in [6.07, 6.45) is 2.27. The van der Waals surface area contributed by atoms with Crippen LogP contribution in [-0.4, -0.2) is 69.3 Å². The molecule has 144 valence electrons. The SMILES string of the molecule is C[C@@H]1CCCN(C(=O)C[NH+]2CCN(S(=O)(=O)c3ccccc3Cl)CC2)C1. The molecule has 1 atom stereocenters. The zero-order valence-corrected chi connectivity index (χ0v) is 16.7. The molecule has 3 rings (SSSR count). The highest BCUT2D eigenvalue weighted by molar-refractivity contribution is 7.89. The van der Waals surface area contributed by atoms with Gasteiger partial charge >= 0.3 is 0 Å². The molecule has 1 amide bonds. The van der Waals surface area contributed by atoms with E-state index in [1.807, 2.05) is 4.90 Å². The Labute approximate surface area is 160 Å². The second-order valence-corrected chi connectivity index (χ2v) is 9.66. The number of benzene rings is 1. The monoisotopic (exact) mass is 400 g/mol. The molecule has 2 heterocycles. The number of carbonyl (C=O) groups is 1. The Hall–Kier alpha value is -1.15. The summed E-state index contributed by atoms with van der Waals surface area (Å²) in [5.41, 5.74) is 0. The van der Waals surface area contributed by atoms with E-state index in [4.69, 9.17) is 11.6 Å². The van der Waals surface area contributed by atoms with Crippen molar-refractivity contribution in [2.45, 2.75) is 24.7 Å². The van der Waals surface area contributed by atoms with E-state index < -0.39 is 10.0 Å². The van der Waals surface area contributed by atoms with Gasteiger partial charge in [0, 0.05) is 13.1 Å². The molecule has 1 N–H and O–H groups in total. The number of hydrogen-bond donors (Lipinski definition) is 1. The maximum absolute atomic E-state index is 12.8. The molecule has 0 bridgehead atoms. The molecule has 8 heteroatoms. The first-order valence-corrected chi connectivity index (χ1v) is 11.1. The van der Waals surface area contributed by atoms with E-state index in [0.717, 1.165) is 24.4 Å². The molecule has 1 aromatic rings. The molecule has 1 aromatic carbocycles. The predicted molar refractivity (Wildman–Crippen MR) is 101 cm³/mol. The van der Waals surface area contributed by atoms with E-state index in [1.165, 1.54) is 16.8 Å². The molecular formula is C18H27ClN3O3S+. The van der Waals surface area contributed by atoms with Crippen LogP contribution in [0.15, 0.2) is 29.2 Å². The molecule has 2 aliphatic heterocycles. The van der Waals surface area contributed by atoms with Gasteiger partial charge in [-0.25, -0.2) is 8.42 Å². The van der Waals surface area contributed by atoms with Gasteiger partial charge in [-0.15, -0.1) is 0 Å². The number of carbonyl (C=O) groups excluding carboxylic acids is 1. The van der Waals surface area contributed by atoms with Crippen molar-refractivity contribution in [3.8, 4) is 0 Å². The molecule has 2 aliphatic rings. The molecule has 26 heavy (non-hydrogen) atoms. The van der Waals surface area contributed by atoms with Gasteiger partial charge in [0.2, 0.25) is 10.0 Å². The minimum Gasteiger partial charge on any atom is -0.338 e. The van der Waals surface area contributed by atoms with Crippen LogP contribution in [0.3, 0.4) is 0 Å². The van der Waals surface area contributed by atoms with Crippen LogP contribution in [0.5, 0.6) is 0 Å². The summed E-state index contributed by atoms with van der Waals surface area (Å²) in [5.74, 6) is 0.759. The molecule has 0 radical (unpaired) electrons. The summed E-state index contributed by atoms with van der Waals surface area (Å²) < 4.78 is 27.0. The van der Waals surface area contributed by atoms with E-state index in [1.54, 1.807) is 18.2 Å². The van der Waals surface area contributed by atoms with Crippen LogP contribution in [0.4, 0.5) is 0 Å². The van der Waals surface area contributed by atoms with E-state index in [-0.39, 0.29) is 15.8 Å². The molecule has 0 spiro atoms. The summed E-state index contributed by atoms with van der Waals surface area (Å²) in [7, 11) is -3.58. The zero-order valence-electron chi connectivity index (χ0n) is 15.2. The molecule has 0 saturated carbocycles. The van der Waals surface area contributed by atoms with Crippen LogP contribution in [0.2, 0.25) is 5.02 Å². The summed E-state index contributed by atoms with van der Waals surface area (Å²) in [5, 5.41) is 0.247. The lowest BCUT2D eigenvalue weighted by molar-refractivity contribution is -0.896. The van der Waals surface area contributed by atoms with Crippen molar-refractivity contribution in [2.24, 2.45) is 5.92 Å². The first kappa shape index (κ1) is 19.6. The first-order valence-electron chi connectivity index (χ1n) is 9.24. The van der Waals surface area contributed by atoms with Gasteiger partial charge in [-0.05, 0) is 30.9 Å². The second kappa shape index (κ2) is 8.25. The lowest BCUT2D eigenvalue weighted by Crippen LogP contribution is -3.15. The highest BCUT2D eigenvalue weighted by atomic mass is 35.5. The minimum atomic E-state index is -3.58. The van der Waals surface area contributed by atoms with Crippen LogP contribution >= 0.6 is 11.6 Å². The highest BCUT2D eigenvalue weighted by Crippen LogP contribution is 2.24. The average Bonchev–Trinajstić information content (AvgIpc) is 2.62. The van der Waals surface area contributed by atoms with Gasteiger partial charge in [0.15, 0.2) is 6.54 Å². The van der Waals surface area contributed by atoms with Crippen molar-refractivity contribution in [3.05, 3.63) is 29.3 Å². The Bertz CT molecular complexity index is 748. The lowest BCUT2D eigenvalue weighted by atomic mass is 10.0. The predicted octanol–water partition coefficient (Wildman–Crippen LogP) is 0.488. The summed E-state index contributed by atoms with van der Waals surface area (Å²) in [6, 6.07) is 6.53. The van der Waals surface area contributed by atoms with Crippen molar-refractivity contribution in [1.82, 2.24) is 9.21 Å². The van der Waals surface area contributed by atoms with Crippen molar-refractivity contribution < 1.29 is 18.1 Å². The van der Waals surface area contributed by atoms with Gasteiger partial charge in [0.25, 0.3) is 5.91 Å². The molecule has 6 nitrogen and oxygen atoms in total. The summed E-state index contributed by atoms with van der Waals surface area (Å²) >= 11 is 6.06. The third-order valence-electron chi connectivity index (χ3n) is 5.29. The van der Waals surface area contributed by atoms with Gasteiger partial charge in [0.05, 0.1) is 31.2 Å². The van der Waals surface area contributed by atoms with Crippen molar-refractivity contribution in [1.29, 1.82) is 0 Å². The number of rotatable bonds is 4. The number of hydrogen-bond acceptors (Lipinski definition) is 3. The van der Waals surface area contributed by atoms with Crippen LogP contribution in [0.25, 0.3) is 0 Å². The smallest absolute Gasteiger partial charge is 0.277 e. The van der Waals surface area contributed by atoms with Crippen molar-refractivity contribution in [3.63, 3.8) is 0 Å². The zero-order chi connectivity index (χ0) is 18.7. The van der Waals surface area contributed by atoms with E-state index in [2.05, 4.69) is 6.92 Å². The van der Waals surface area contributed by atoms with Gasteiger partial charge in [-0.3, -0.25) is 4.79 Å². The minimum absolute atomic E-state index is 0.156. The third-order valence-corrected chi connectivity index (χ3v) is 7.69. The number of sulfonamides is 1. The normalized spacial score (nSPS) is 23.2. The third kappa shape index (κ3) is 4.39. The van der Waals surface area contributed by atoms with E-state index in [9.17, 15) is 13.2 Å². The topological polar surface area (TPSA) is 62.1 Å². The number of nitrogens with zero attached hydrogens (tertiary/aromatic N) is 2. The van der Waals surface area contributed by atoms with Crippen LogP contribution in [0.1, 0.15) is 19.8 Å². The van der Waals surface area contributed by atoms with Crippen LogP contribution in [0, 0.1) is 5.92 Å². The van der Waals surface area contributed by atoms with Gasteiger partial charge in [0.1, 0.15) is 4.90 Å². The standard InChI is InChI=1S/C18H26ClN3O3S/c1-15-5-4-8-21(13-15)18(23)14-20-9-11-22(12-10-20)26(24,25)17-7-3-2-6-16(17)19/h2-3,6-7,15H,4-5,8-14H2,1H3/p+1/t15-/m1/s1. The van der Waals surface area contributed by atoms with Crippen molar-refractivity contribution >= 4 is 27.5 Å². The Morgan fingerprint density at radius 2 is 1.92 bits per heavy atom. The number of piperidine rings is 1. The first-order chi connectivity index (χ1) is 12.4. The average molecular weight is 401 g/mol. The van der Waals surface area contributed by atoms with Crippen LogP contribution in [-0.2, 0) is 14.8 Å². The highest BCUT2D eigenvalue weighted by Gasteiger charge is 2.33. The van der Waals surface area contributed by atoms with Crippen LogP contribution < -0.4 is 4.90 Å². The Morgan fingerprint density at radius 1 is 1.23 bits per heavy atom. The maximum atomic E-state index is 12.8. The summed E-state index contributed by atoms with van der Waals surface area (Å²) in [4.78, 5) is 15.8. The van der Waals surface area contributed by atoms with Crippen molar-refractivity contribution in [2.75, 3.05) is 45.8 Å². The second-order valence-electron chi connectivity index (χ2n) is 7.35. The number of likely N-dealkylation sites (tertiary alicyclic amines) is 1. The largest absolute Gasteiger partial charge is 0.338 e. The Balaban J connectivity index is 1.56. The van der Waals surface area contributed by atoms with Gasteiger partial charge < -0.3 is 9.80 Å². The number of quaternary nitrogens is 1. The lowest BCUT2D eigenvalue weighted by Gasteiger charge is -2.34. The fourth-order valence-corrected chi connectivity index (χ4v) is 5.69. The number of piperazine rings is 1. The molecule has 0 aromatic heterocycles. The molecule has 0 aliphatic carbocycles. The number of amides is 1. The number of halogens is 1. The van der Waals surface area contributed by atoms with E-state index >= 15 is 0 Å². The quantitative estimate of drug-likeness (QED) is 0.800. The molecule has 2 fully saturated rings. The Kier molecular flexibility index (Phi) is 6.22.